The van der Waals surface area contributed by atoms with Gasteiger partial charge in [0.25, 0.3) is 0 Å². The average molecular weight is 374 g/mol. The second-order valence-electron chi connectivity index (χ2n) is 7.13. The van der Waals surface area contributed by atoms with Gasteiger partial charge in [-0.05, 0) is 49.9 Å². The topological polar surface area (TPSA) is 89.4 Å². The van der Waals surface area contributed by atoms with Crippen molar-refractivity contribution in [3.63, 3.8) is 0 Å². The van der Waals surface area contributed by atoms with Gasteiger partial charge in [0.2, 0.25) is 11.8 Å². The number of likely N-dealkylation sites (tertiary alicyclic amines) is 1. The Morgan fingerprint density at radius 3 is 2.42 bits per heavy atom. The van der Waals surface area contributed by atoms with Crippen LogP contribution in [0.2, 0.25) is 5.02 Å². The van der Waals surface area contributed by atoms with Gasteiger partial charge in [-0.2, -0.15) is 0 Å². The fraction of sp³-hybridized carbons (Fsp3) is 0.421. The van der Waals surface area contributed by atoms with Crippen LogP contribution >= 0.6 is 11.6 Å². The maximum absolute atomic E-state index is 13.1. The number of piperidine rings is 1. The second kappa shape index (κ2) is 6.43. The van der Waals surface area contributed by atoms with Gasteiger partial charge in [0.15, 0.2) is 5.76 Å². The number of nitrogens with two attached hydrogens (primary N) is 1. The molecule has 2 amide bonds. The lowest BCUT2D eigenvalue weighted by Crippen LogP contribution is -2.46. The third-order valence-corrected chi connectivity index (χ3v) is 5.73. The van der Waals surface area contributed by atoms with Crippen molar-refractivity contribution in [2.24, 2.45) is 11.7 Å². The molecule has 1 aromatic carbocycles. The number of halogens is 1. The molecule has 0 bridgehead atoms. The van der Waals surface area contributed by atoms with Gasteiger partial charge < -0.3 is 15.2 Å². The number of carbonyl (C=O) groups is 2. The van der Waals surface area contributed by atoms with Crippen LogP contribution in [-0.4, -0.2) is 35.0 Å². The first kappa shape index (κ1) is 17.1. The van der Waals surface area contributed by atoms with Crippen LogP contribution in [0.1, 0.15) is 31.4 Å². The van der Waals surface area contributed by atoms with E-state index in [1.807, 2.05) is 23.1 Å². The van der Waals surface area contributed by atoms with E-state index in [-0.39, 0.29) is 17.7 Å². The molecule has 136 valence electrons. The molecule has 0 spiro atoms. The maximum Gasteiger partial charge on any atom is 0.234 e. The van der Waals surface area contributed by atoms with Crippen LogP contribution in [0.25, 0.3) is 11.3 Å². The molecule has 7 heteroatoms. The van der Waals surface area contributed by atoms with Gasteiger partial charge in [-0.15, -0.1) is 0 Å². The molecular weight excluding hydrogens is 354 g/mol. The fourth-order valence-electron chi connectivity index (χ4n) is 3.63. The van der Waals surface area contributed by atoms with Gasteiger partial charge in [-0.1, -0.05) is 16.8 Å². The molecule has 0 atom stereocenters. The summed E-state index contributed by atoms with van der Waals surface area (Å²) in [6.07, 6.45) is 2.81. The predicted octanol–water partition coefficient (Wildman–Crippen LogP) is 2.75. The van der Waals surface area contributed by atoms with Gasteiger partial charge in [-0.25, -0.2) is 0 Å². The SMILES string of the molecule is NC(=O)C1CCN(C(=O)C2(c3cc(-c4ccc(Cl)cc4)on3)CC2)CC1. The smallest absolute Gasteiger partial charge is 0.234 e. The second-order valence-corrected chi connectivity index (χ2v) is 7.57. The number of hydrogen-bond donors (Lipinski definition) is 1. The molecule has 1 aliphatic heterocycles. The van der Waals surface area contributed by atoms with Crippen molar-refractivity contribution in [3.05, 3.63) is 41.0 Å². The Bertz CT molecular complexity index is 834. The quantitative estimate of drug-likeness (QED) is 0.892. The summed E-state index contributed by atoms with van der Waals surface area (Å²) in [5.41, 5.74) is 6.36. The molecule has 2 fully saturated rings. The Kier molecular flexibility index (Phi) is 4.23. The first-order valence-corrected chi connectivity index (χ1v) is 9.19. The third kappa shape index (κ3) is 2.98. The van der Waals surface area contributed by atoms with Crippen LogP contribution in [0.4, 0.5) is 0 Å². The zero-order chi connectivity index (χ0) is 18.3. The number of aromatic nitrogens is 1. The minimum Gasteiger partial charge on any atom is -0.369 e. The molecule has 2 heterocycles. The number of benzene rings is 1. The van der Waals surface area contributed by atoms with Crippen LogP contribution < -0.4 is 5.73 Å². The Hall–Kier alpha value is -2.34. The highest BCUT2D eigenvalue weighted by Gasteiger charge is 2.55. The lowest BCUT2D eigenvalue weighted by atomic mass is 9.93. The van der Waals surface area contributed by atoms with Crippen molar-refractivity contribution in [3.8, 4) is 11.3 Å². The Labute approximate surface area is 156 Å². The summed E-state index contributed by atoms with van der Waals surface area (Å²) in [4.78, 5) is 26.2. The summed E-state index contributed by atoms with van der Waals surface area (Å²) in [6.45, 7) is 1.13. The zero-order valence-corrected chi connectivity index (χ0v) is 15.0. The molecule has 2 aliphatic rings. The number of carbonyl (C=O) groups excluding carboxylic acids is 2. The van der Waals surface area contributed by atoms with Crippen LogP contribution in [0.5, 0.6) is 0 Å². The molecule has 1 saturated carbocycles. The van der Waals surface area contributed by atoms with E-state index in [0.29, 0.717) is 42.4 Å². The summed E-state index contributed by atoms with van der Waals surface area (Å²) in [5.74, 6) is 0.305. The van der Waals surface area contributed by atoms with Crippen molar-refractivity contribution in [2.75, 3.05) is 13.1 Å². The lowest BCUT2D eigenvalue weighted by molar-refractivity contribution is -0.137. The van der Waals surface area contributed by atoms with Crippen molar-refractivity contribution in [1.29, 1.82) is 0 Å². The largest absolute Gasteiger partial charge is 0.369 e. The number of primary amides is 1. The molecule has 2 N–H and O–H groups in total. The maximum atomic E-state index is 13.1. The first-order valence-electron chi connectivity index (χ1n) is 8.81. The number of nitrogens with zero attached hydrogens (tertiary/aromatic N) is 2. The van der Waals surface area contributed by atoms with Crippen molar-refractivity contribution in [2.45, 2.75) is 31.1 Å². The number of amides is 2. The normalized spacial score (nSPS) is 19.3. The highest BCUT2D eigenvalue weighted by atomic mass is 35.5. The van der Waals surface area contributed by atoms with Gasteiger partial charge in [0.05, 0.1) is 11.1 Å². The summed E-state index contributed by atoms with van der Waals surface area (Å²) >= 11 is 5.92. The summed E-state index contributed by atoms with van der Waals surface area (Å²) in [5, 5.41) is 4.83. The third-order valence-electron chi connectivity index (χ3n) is 5.47. The van der Waals surface area contributed by atoms with Gasteiger partial charge >= 0.3 is 0 Å². The van der Waals surface area contributed by atoms with E-state index in [0.717, 1.165) is 18.4 Å². The molecule has 1 saturated heterocycles. The van der Waals surface area contributed by atoms with Gasteiger partial charge in [-0.3, -0.25) is 9.59 Å². The highest BCUT2D eigenvalue weighted by molar-refractivity contribution is 6.30. The van der Waals surface area contributed by atoms with Crippen LogP contribution in [0.3, 0.4) is 0 Å². The molecule has 26 heavy (non-hydrogen) atoms. The van der Waals surface area contributed by atoms with Crippen LogP contribution in [-0.2, 0) is 15.0 Å². The molecule has 2 aromatic rings. The Balaban J connectivity index is 1.50. The molecule has 1 aliphatic carbocycles. The first-order chi connectivity index (χ1) is 12.5. The highest BCUT2D eigenvalue weighted by Crippen LogP contribution is 2.50. The van der Waals surface area contributed by atoms with Gasteiger partial charge in [0.1, 0.15) is 0 Å². The minimum absolute atomic E-state index is 0.0800. The summed E-state index contributed by atoms with van der Waals surface area (Å²) in [7, 11) is 0. The standard InChI is InChI=1S/C19H20ClN3O3/c20-14-3-1-12(2-4-14)15-11-16(22-26-15)19(7-8-19)18(25)23-9-5-13(6-10-23)17(21)24/h1-4,11,13H,5-10H2,(H2,21,24). The zero-order valence-electron chi connectivity index (χ0n) is 14.3. The van der Waals surface area contributed by atoms with Crippen LogP contribution in [0.15, 0.2) is 34.9 Å². The summed E-state index contributed by atoms with van der Waals surface area (Å²) < 4.78 is 5.48. The molecule has 4 rings (SSSR count). The average Bonchev–Trinajstić information content (AvgIpc) is 3.31. The monoisotopic (exact) mass is 373 g/mol. The predicted molar refractivity (Wildman–Crippen MR) is 96.4 cm³/mol. The molecule has 0 unspecified atom stereocenters. The Morgan fingerprint density at radius 2 is 1.85 bits per heavy atom. The van der Waals surface area contributed by atoms with E-state index in [2.05, 4.69) is 5.16 Å². The van der Waals surface area contributed by atoms with E-state index in [1.165, 1.54) is 0 Å². The number of rotatable bonds is 4. The van der Waals surface area contributed by atoms with E-state index in [4.69, 9.17) is 21.9 Å². The number of hydrogen-bond acceptors (Lipinski definition) is 4. The summed E-state index contributed by atoms with van der Waals surface area (Å²) in [6, 6.07) is 9.16. The minimum atomic E-state index is -0.576. The fourth-order valence-corrected chi connectivity index (χ4v) is 3.75. The van der Waals surface area contributed by atoms with E-state index >= 15 is 0 Å². The van der Waals surface area contributed by atoms with E-state index in [9.17, 15) is 9.59 Å². The van der Waals surface area contributed by atoms with Crippen molar-refractivity contribution in [1.82, 2.24) is 10.1 Å². The molecule has 1 aromatic heterocycles. The molecule has 0 radical (unpaired) electrons. The van der Waals surface area contributed by atoms with Crippen LogP contribution in [0, 0.1) is 5.92 Å². The van der Waals surface area contributed by atoms with E-state index < -0.39 is 5.41 Å². The van der Waals surface area contributed by atoms with E-state index in [1.54, 1.807) is 12.1 Å². The molecular formula is C19H20ClN3O3. The van der Waals surface area contributed by atoms with Crippen molar-refractivity contribution < 1.29 is 14.1 Å². The van der Waals surface area contributed by atoms with Gasteiger partial charge in [0, 0.05) is 35.7 Å². The lowest BCUT2D eigenvalue weighted by Gasteiger charge is -2.32. The Morgan fingerprint density at radius 1 is 1.19 bits per heavy atom. The van der Waals surface area contributed by atoms with Crippen molar-refractivity contribution >= 4 is 23.4 Å². The molecule has 6 nitrogen and oxygen atoms in total.